The van der Waals surface area contributed by atoms with E-state index in [9.17, 15) is 13.2 Å². The first-order valence-corrected chi connectivity index (χ1v) is 6.04. The Morgan fingerprint density at radius 2 is 2.16 bits per heavy atom. The Kier molecular flexibility index (Phi) is 5.70. The number of alkyl halides is 3. The van der Waals surface area contributed by atoms with E-state index in [0.29, 0.717) is 5.82 Å². The Bertz CT molecular complexity index is 420. The molecule has 2 heterocycles. The van der Waals surface area contributed by atoms with Gasteiger partial charge in [0.05, 0.1) is 10.6 Å². The number of halogens is 5. The molecule has 108 valence electrons. The molecule has 0 amide bonds. The quantitative estimate of drug-likeness (QED) is 0.879. The standard InChI is InChI=1S/C11H13ClF3N3.ClH/c12-9-4-7(11(13,14)15)5-17-10(9)18-8-2-1-3-16-6-8;/h4-5,8,16H,1-3,6H2,(H,17,18);1H/t8-;/m0./s1. The second-order valence-electron chi connectivity index (χ2n) is 4.24. The molecule has 2 rings (SSSR count). The molecule has 1 saturated heterocycles. The van der Waals surface area contributed by atoms with E-state index in [0.717, 1.165) is 38.2 Å². The minimum absolute atomic E-state index is 0. The van der Waals surface area contributed by atoms with E-state index < -0.39 is 11.7 Å². The van der Waals surface area contributed by atoms with Gasteiger partial charge in [-0.2, -0.15) is 13.2 Å². The topological polar surface area (TPSA) is 37.0 Å². The van der Waals surface area contributed by atoms with E-state index in [2.05, 4.69) is 15.6 Å². The van der Waals surface area contributed by atoms with Crippen molar-refractivity contribution in [2.75, 3.05) is 18.4 Å². The number of nitrogens with zero attached hydrogens (tertiary/aromatic N) is 1. The van der Waals surface area contributed by atoms with Crippen LogP contribution in [0, 0.1) is 0 Å². The summed E-state index contributed by atoms with van der Waals surface area (Å²) in [6, 6.07) is 1.05. The molecule has 0 unspecified atom stereocenters. The summed E-state index contributed by atoms with van der Waals surface area (Å²) >= 11 is 5.81. The fourth-order valence-corrected chi connectivity index (χ4v) is 2.09. The zero-order chi connectivity index (χ0) is 13.2. The number of nitrogens with one attached hydrogen (secondary N) is 2. The fourth-order valence-electron chi connectivity index (χ4n) is 1.87. The van der Waals surface area contributed by atoms with Crippen LogP contribution in [0.3, 0.4) is 0 Å². The van der Waals surface area contributed by atoms with Crippen LogP contribution in [0.1, 0.15) is 18.4 Å². The van der Waals surface area contributed by atoms with Gasteiger partial charge in [-0.1, -0.05) is 11.6 Å². The molecule has 3 nitrogen and oxygen atoms in total. The van der Waals surface area contributed by atoms with Gasteiger partial charge < -0.3 is 10.6 Å². The number of aromatic nitrogens is 1. The zero-order valence-electron chi connectivity index (χ0n) is 9.93. The molecule has 19 heavy (non-hydrogen) atoms. The second kappa shape index (κ2) is 6.63. The summed E-state index contributed by atoms with van der Waals surface area (Å²) in [5.74, 6) is 0.304. The lowest BCUT2D eigenvalue weighted by molar-refractivity contribution is -0.137. The van der Waals surface area contributed by atoms with E-state index >= 15 is 0 Å². The van der Waals surface area contributed by atoms with Crippen LogP contribution in [-0.4, -0.2) is 24.1 Å². The average molecular weight is 316 g/mol. The fraction of sp³-hybridized carbons (Fsp3) is 0.545. The van der Waals surface area contributed by atoms with Gasteiger partial charge in [-0.3, -0.25) is 0 Å². The van der Waals surface area contributed by atoms with Crippen molar-refractivity contribution in [2.45, 2.75) is 25.1 Å². The van der Waals surface area contributed by atoms with Crippen LogP contribution in [0.25, 0.3) is 0 Å². The predicted octanol–water partition coefficient (Wildman–Crippen LogP) is 3.34. The van der Waals surface area contributed by atoms with Gasteiger partial charge >= 0.3 is 6.18 Å². The van der Waals surface area contributed by atoms with E-state index in [-0.39, 0.29) is 23.5 Å². The smallest absolute Gasteiger partial charge is 0.365 e. The Morgan fingerprint density at radius 3 is 2.68 bits per heavy atom. The van der Waals surface area contributed by atoms with E-state index in [4.69, 9.17) is 11.6 Å². The van der Waals surface area contributed by atoms with E-state index in [1.165, 1.54) is 0 Å². The zero-order valence-corrected chi connectivity index (χ0v) is 11.5. The summed E-state index contributed by atoms with van der Waals surface area (Å²) in [4.78, 5) is 3.75. The van der Waals surface area contributed by atoms with Gasteiger partial charge in [-0.15, -0.1) is 12.4 Å². The van der Waals surface area contributed by atoms with Crippen molar-refractivity contribution in [1.82, 2.24) is 10.3 Å². The van der Waals surface area contributed by atoms with Gasteiger partial charge in [0.15, 0.2) is 0 Å². The number of hydrogen-bond acceptors (Lipinski definition) is 3. The van der Waals surface area contributed by atoms with Crippen molar-refractivity contribution >= 4 is 29.8 Å². The number of piperidine rings is 1. The Balaban J connectivity index is 0.00000180. The lowest BCUT2D eigenvalue weighted by atomic mass is 10.1. The molecule has 0 radical (unpaired) electrons. The van der Waals surface area contributed by atoms with Crippen LogP contribution in [0.15, 0.2) is 12.3 Å². The normalized spacial score (nSPS) is 19.7. The Morgan fingerprint density at radius 1 is 1.42 bits per heavy atom. The molecular formula is C11H14Cl2F3N3. The second-order valence-corrected chi connectivity index (χ2v) is 4.65. The first-order chi connectivity index (χ1) is 8.47. The third-order valence-electron chi connectivity index (χ3n) is 2.81. The van der Waals surface area contributed by atoms with Crippen molar-refractivity contribution in [3.05, 3.63) is 22.8 Å². The lowest BCUT2D eigenvalue weighted by Gasteiger charge is -2.24. The number of pyridine rings is 1. The first kappa shape index (κ1) is 16.3. The summed E-state index contributed by atoms with van der Waals surface area (Å²) in [6.45, 7) is 1.73. The minimum Gasteiger partial charge on any atom is -0.365 e. The number of anilines is 1. The van der Waals surface area contributed by atoms with Crippen molar-refractivity contribution in [1.29, 1.82) is 0 Å². The molecule has 0 aromatic carbocycles. The highest BCUT2D eigenvalue weighted by Gasteiger charge is 2.31. The van der Waals surface area contributed by atoms with Gasteiger partial charge in [0.25, 0.3) is 0 Å². The average Bonchev–Trinajstić information content (AvgIpc) is 2.32. The molecular weight excluding hydrogens is 302 g/mol. The summed E-state index contributed by atoms with van der Waals surface area (Å²) in [6.07, 6.45) is -1.64. The maximum Gasteiger partial charge on any atom is 0.417 e. The van der Waals surface area contributed by atoms with Crippen molar-refractivity contribution in [3.8, 4) is 0 Å². The number of hydrogen-bond donors (Lipinski definition) is 2. The van der Waals surface area contributed by atoms with E-state index in [1.807, 2.05) is 0 Å². The summed E-state index contributed by atoms with van der Waals surface area (Å²) in [5, 5.41) is 6.25. The molecule has 8 heteroatoms. The highest BCUT2D eigenvalue weighted by atomic mass is 35.5. The van der Waals surface area contributed by atoms with Crippen molar-refractivity contribution < 1.29 is 13.2 Å². The molecule has 0 spiro atoms. The van der Waals surface area contributed by atoms with Gasteiger partial charge in [-0.05, 0) is 25.5 Å². The minimum atomic E-state index is -4.42. The molecule has 1 aromatic rings. The molecule has 1 aliphatic heterocycles. The van der Waals surface area contributed by atoms with Crippen molar-refractivity contribution in [2.24, 2.45) is 0 Å². The third-order valence-corrected chi connectivity index (χ3v) is 3.09. The molecule has 2 N–H and O–H groups in total. The Hall–Kier alpha value is -0.720. The van der Waals surface area contributed by atoms with Crippen LogP contribution in [-0.2, 0) is 6.18 Å². The third kappa shape index (κ3) is 4.40. The van der Waals surface area contributed by atoms with Crippen LogP contribution >= 0.6 is 24.0 Å². The summed E-state index contributed by atoms with van der Waals surface area (Å²) in [7, 11) is 0. The predicted molar refractivity (Wildman–Crippen MR) is 71.0 cm³/mol. The Labute approximate surface area is 120 Å². The summed E-state index contributed by atoms with van der Waals surface area (Å²) in [5.41, 5.74) is -0.834. The van der Waals surface area contributed by atoms with Crippen molar-refractivity contribution in [3.63, 3.8) is 0 Å². The monoisotopic (exact) mass is 315 g/mol. The van der Waals surface area contributed by atoms with Gasteiger partial charge in [0.1, 0.15) is 5.82 Å². The highest BCUT2D eigenvalue weighted by Crippen LogP contribution is 2.32. The van der Waals surface area contributed by atoms with Gasteiger partial charge in [-0.25, -0.2) is 4.98 Å². The van der Waals surface area contributed by atoms with E-state index in [1.54, 1.807) is 0 Å². The molecule has 1 aromatic heterocycles. The van der Waals surface area contributed by atoms with Crippen LogP contribution in [0.2, 0.25) is 5.02 Å². The molecule has 1 aliphatic rings. The molecule has 0 aliphatic carbocycles. The number of rotatable bonds is 2. The first-order valence-electron chi connectivity index (χ1n) is 5.67. The maximum absolute atomic E-state index is 12.4. The summed E-state index contributed by atoms with van der Waals surface area (Å²) < 4.78 is 37.3. The molecule has 1 fully saturated rings. The van der Waals surface area contributed by atoms with Crippen LogP contribution in [0.5, 0.6) is 0 Å². The SMILES string of the molecule is Cl.FC(F)(F)c1cnc(N[C@H]2CCCNC2)c(Cl)c1. The van der Waals surface area contributed by atoms with Gasteiger partial charge in [0, 0.05) is 18.8 Å². The molecule has 0 bridgehead atoms. The lowest BCUT2D eigenvalue weighted by Crippen LogP contribution is -2.38. The largest absolute Gasteiger partial charge is 0.417 e. The van der Waals surface area contributed by atoms with Gasteiger partial charge in [0.2, 0.25) is 0 Å². The molecule has 0 saturated carbocycles. The maximum atomic E-state index is 12.4. The van der Waals surface area contributed by atoms with Crippen LogP contribution in [0.4, 0.5) is 19.0 Å². The van der Waals surface area contributed by atoms with Crippen LogP contribution < -0.4 is 10.6 Å². The molecule has 1 atom stereocenters. The highest BCUT2D eigenvalue weighted by molar-refractivity contribution is 6.33.